The molecule has 23 heavy (non-hydrogen) atoms. The van der Waals surface area contributed by atoms with Crippen LogP contribution in [0, 0.1) is 12.8 Å². The van der Waals surface area contributed by atoms with Crippen molar-refractivity contribution in [1.29, 1.82) is 0 Å². The van der Waals surface area contributed by atoms with E-state index in [0.717, 1.165) is 0 Å². The quantitative estimate of drug-likeness (QED) is 0.904. The number of rotatable bonds is 3. The van der Waals surface area contributed by atoms with Crippen LogP contribution in [0.25, 0.3) is 5.65 Å². The van der Waals surface area contributed by atoms with Crippen molar-refractivity contribution in [1.82, 2.24) is 19.8 Å². The number of aliphatic hydroxyl groups is 1. The summed E-state index contributed by atoms with van der Waals surface area (Å²) in [5.41, 5.74) is -0.793. The summed E-state index contributed by atoms with van der Waals surface area (Å²) in [6.07, 6.45) is -3.75. The lowest BCUT2D eigenvalue weighted by Gasteiger charge is -2.37. The highest BCUT2D eigenvalue weighted by atomic mass is 19.4. The van der Waals surface area contributed by atoms with E-state index in [2.05, 4.69) is 20.6 Å². The molecule has 2 unspecified atom stereocenters. The SMILES string of the molecule is Cc1nnc2ccc(NCC3(O)CCCC(C(F)(F)F)C3)nn12. The van der Waals surface area contributed by atoms with Crippen LogP contribution in [0.1, 0.15) is 31.5 Å². The first-order valence-electron chi connectivity index (χ1n) is 7.49. The first kappa shape index (κ1) is 16.0. The highest BCUT2D eigenvalue weighted by Crippen LogP contribution is 2.41. The summed E-state index contributed by atoms with van der Waals surface area (Å²) in [5, 5.41) is 25.5. The lowest BCUT2D eigenvalue weighted by atomic mass is 9.77. The Morgan fingerprint density at radius 2 is 2.17 bits per heavy atom. The van der Waals surface area contributed by atoms with Crippen molar-refractivity contribution in [3.05, 3.63) is 18.0 Å². The van der Waals surface area contributed by atoms with Gasteiger partial charge in [-0.2, -0.15) is 17.7 Å². The number of aryl methyl sites for hydroxylation is 1. The summed E-state index contributed by atoms with van der Waals surface area (Å²) in [6.45, 7) is 1.78. The van der Waals surface area contributed by atoms with Crippen molar-refractivity contribution in [2.75, 3.05) is 11.9 Å². The maximum atomic E-state index is 12.9. The van der Waals surface area contributed by atoms with Gasteiger partial charge in [0.05, 0.1) is 11.5 Å². The standard InChI is InChI=1S/C14H18F3N5O/c1-9-19-20-12-5-4-11(21-22(9)12)18-8-13(23)6-2-3-10(7-13)14(15,16)17/h4-5,10,23H,2-3,6-8H2,1H3,(H,18,21). The second kappa shape index (κ2) is 5.63. The Kier molecular flexibility index (Phi) is 3.91. The third-order valence-electron chi connectivity index (χ3n) is 4.30. The fraction of sp³-hybridized carbons (Fsp3) is 0.643. The van der Waals surface area contributed by atoms with Crippen LogP contribution in [0.4, 0.5) is 19.0 Å². The lowest BCUT2D eigenvalue weighted by molar-refractivity contribution is -0.199. The smallest absolute Gasteiger partial charge is 0.388 e. The molecule has 0 bridgehead atoms. The van der Waals surface area contributed by atoms with Gasteiger partial charge in [-0.25, -0.2) is 0 Å². The van der Waals surface area contributed by atoms with E-state index in [4.69, 9.17) is 0 Å². The van der Waals surface area contributed by atoms with E-state index < -0.39 is 17.7 Å². The summed E-state index contributed by atoms with van der Waals surface area (Å²) < 4.78 is 40.1. The Balaban J connectivity index is 1.69. The topological polar surface area (TPSA) is 75.3 Å². The van der Waals surface area contributed by atoms with Crippen molar-refractivity contribution in [2.24, 2.45) is 5.92 Å². The summed E-state index contributed by atoms with van der Waals surface area (Å²) >= 11 is 0. The number of hydrogen-bond donors (Lipinski definition) is 2. The highest BCUT2D eigenvalue weighted by molar-refractivity contribution is 5.44. The van der Waals surface area contributed by atoms with Gasteiger partial charge >= 0.3 is 6.18 Å². The van der Waals surface area contributed by atoms with Gasteiger partial charge in [0, 0.05) is 6.54 Å². The van der Waals surface area contributed by atoms with Crippen LogP contribution < -0.4 is 5.32 Å². The average molecular weight is 329 g/mol. The monoisotopic (exact) mass is 329 g/mol. The molecule has 6 nitrogen and oxygen atoms in total. The average Bonchev–Trinajstić information content (AvgIpc) is 2.86. The molecular formula is C14H18F3N5O. The third kappa shape index (κ3) is 3.39. The molecule has 2 aromatic rings. The molecule has 0 saturated heterocycles. The van der Waals surface area contributed by atoms with E-state index in [9.17, 15) is 18.3 Å². The number of alkyl halides is 3. The van der Waals surface area contributed by atoms with E-state index in [0.29, 0.717) is 30.1 Å². The summed E-state index contributed by atoms with van der Waals surface area (Å²) in [7, 11) is 0. The van der Waals surface area contributed by atoms with Gasteiger partial charge in [0.1, 0.15) is 5.82 Å². The Labute approximate surface area is 130 Å². The van der Waals surface area contributed by atoms with Crippen molar-refractivity contribution >= 4 is 11.5 Å². The van der Waals surface area contributed by atoms with Crippen LogP contribution in [-0.4, -0.2) is 43.2 Å². The van der Waals surface area contributed by atoms with E-state index in [1.54, 1.807) is 19.1 Å². The van der Waals surface area contributed by atoms with Gasteiger partial charge in [0.25, 0.3) is 0 Å². The van der Waals surface area contributed by atoms with Crippen LogP contribution in [-0.2, 0) is 0 Å². The van der Waals surface area contributed by atoms with Crippen molar-refractivity contribution < 1.29 is 18.3 Å². The predicted octanol–water partition coefficient (Wildman–Crippen LogP) is 2.33. The Bertz CT molecular complexity index is 701. The number of aromatic nitrogens is 4. The molecule has 1 aliphatic rings. The minimum absolute atomic E-state index is 0.0270. The Morgan fingerprint density at radius 1 is 1.39 bits per heavy atom. The third-order valence-corrected chi connectivity index (χ3v) is 4.30. The minimum atomic E-state index is -4.26. The molecule has 1 fully saturated rings. The number of hydrogen-bond acceptors (Lipinski definition) is 5. The molecule has 2 N–H and O–H groups in total. The van der Waals surface area contributed by atoms with Gasteiger partial charge in [0.2, 0.25) is 0 Å². The van der Waals surface area contributed by atoms with Crippen LogP contribution in [0.5, 0.6) is 0 Å². The molecule has 2 aromatic heterocycles. The summed E-state index contributed by atoms with van der Waals surface area (Å²) in [6, 6.07) is 3.37. The predicted molar refractivity (Wildman–Crippen MR) is 77.0 cm³/mol. The van der Waals surface area contributed by atoms with Crippen molar-refractivity contribution in [3.8, 4) is 0 Å². The molecule has 0 aromatic carbocycles. The zero-order valence-electron chi connectivity index (χ0n) is 12.6. The van der Waals surface area contributed by atoms with Gasteiger partial charge < -0.3 is 10.4 Å². The lowest BCUT2D eigenvalue weighted by Crippen LogP contribution is -2.45. The van der Waals surface area contributed by atoms with Gasteiger partial charge in [-0.15, -0.1) is 15.3 Å². The van der Waals surface area contributed by atoms with Gasteiger partial charge in [-0.1, -0.05) is 0 Å². The molecule has 2 heterocycles. The fourth-order valence-corrected chi connectivity index (χ4v) is 3.03. The minimum Gasteiger partial charge on any atom is -0.388 e. The number of fused-ring (bicyclic) bond motifs is 1. The molecule has 2 atom stereocenters. The second-order valence-electron chi connectivity index (χ2n) is 6.15. The molecule has 0 radical (unpaired) electrons. The first-order valence-corrected chi connectivity index (χ1v) is 7.49. The number of nitrogens with zero attached hydrogens (tertiary/aromatic N) is 4. The Hall–Kier alpha value is -1.90. The largest absolute Gasteiger partial charge is 0.391 e. The molecule has 1 aliphatic carbocycles. The molecule has 1 saturated carbocycles. The number of anilines is 1. The summed E-state index contributed by atoms with van der Waals surface area (Å²) in [5.74, 6) is -0.376. The molecule has 3 rings (SSSR count). The molecule has 126 valence electrons. The fourth-order valence-electron chi connectivity index (χ4n) is 3.03. The van der Waals surface area contributed by atoms with Crippen molar-refractivity contribution in [3.63, 3.8) is 0 Å². The normalized spacial score (nSPS) is 25.7. The molecule has 0 aliphatic heterocycles. The van der Waals surface area contributed by atoms with E-state index in [-0.39, 0.29) is 19.4 Å². The van der Waals surface area contributed by atoms with Crippen LogP contribution >= 0.6 is 0 Å². The summed E-state index contributed by atoms with van der Waals surface area (Å²) in [4.78, 5) is 0. The van der Waals surface area contributed by atoms with Gasteiger partial charge in [-0.05, 0) is 44.7 Å². The maximum Gasteiger partial charge on any atom is 0.391 e. The number of halogens is 3. The molecule has 0 amide bonds. The van der Waals surface area contributed by atoms with Gasteiger partial charge in [0.15, 0.2) is 11.5 Å². The highest BCUT2D eigenvalue weighted by Gasteiger charge is 2.46. The van der Waals surface area contributed by atoms with E-state index in [1.807, 2.05) is 0 Å². The zero-order valence-corrected chi connectivity index (χ0v) is 12.6. The van der Waals surface area contributed by atoms with Gasteiger partial charge in [-0.3, -0.25) is 0 Å². The van der Waals surface area contributed by atoms with Crippen molar-refractivity contribution in [2.45, 2.75) is 44.4 Å². The Morgan fingerprint density at radius 3 is 2.91 bits per heavy atom. The van der Waals surface area contributed by atoms with E-state index >= 15 is 0 Å². The van der Waals surface area contributed by atoms with Crippen LogP contribution in [0.2, 0.25) is 0 Å². The van der Waals surface area contributed by atoms with Crippen LogP contribution in [0.15, 0.2) is 12.1 Å². The van der Waals surface area contributed by atoms with Crippen LogP contribution in [0.3, 0.4) is 0 Å². The first-order chi connectivity index (χ1) is 10.8. The maximum absolute atomic E-state index is 12.9. The zero-order chi connectivity index (χ0) is 16.7. The molecule has 9 heteroatoms. The second-order valence-corrected chi connectivity index (χ2v) is 6.15. The van der Waals surface area contributed by atoms with E-state index in [1.165, 1.54) is 4.52 Å². The number of nitrogens with one attached hydrogen (secondary N) is 1. The molecule has 0 spiro atoms. The molecular weight excluding hydrogens is 311 g/mol.